The fourth-order valence-electron chi connectivity index (χ4n) is 5.52. The van der Waals surface area contributed by atoms with Crippen LogP contribution in [0.15, 0.2) is 35.7 Å². The zero-order valence-electron chi connectivity index (χ0n) is 22.9. The summed E-state index contributed by atoms with van der Waals surface area (Å²) in [6.45, 7) is 5.32. The summed E-state index contributed by atoms with van der Waals surface area (Å²) in [4.78, 5) is 43.6. The van der Waals surface area contributed by atoms with Crippen LogP contribution in [0.3, 0.4) is 0 Å². The molecule has 4 heterocycles. The summed E-state index contributed by atoms with van der Waals surface area (Å²) in [6.07, 6.45) is 2.34. The van der Waals surface area contributed by atoms with Gasteiger partial charge < -0.3 is 29.7 Å². The van der Waals surface area contributed by atoms with Gasteiger partial charge in [0.25, 0.3) is 5.91 Å². The normalized spacial score (nSPS) is 23.3. The van der Waals surface area contributed by atoms with Crippen LogP contribution in [0.1, 0.15) is 40.9 Å². The number of likely N-dealkylation sites (N-methyl/N-ethyl adjacent to an activating group) is 1. The summed E-state index contributed by atoms with van der Waals surface area (Å²) in [6, 6.07) is 8.81. The minimum atomic E-state index is -0.333. The molecular weight excluding hydrogens is 532 g/mol. The van der Waals surface area contributed by atoms with Crippen LogP contribution in [0.2, 0.25) is 0 Å². The maximum Gasteiger partial charge on any atom is 0.257 e. The second-order valence-corrected chi connectivity index (χ2v) is 11.6. The van der Waals surface area contributed by atoms with E-state index in [-0.39, 0.29) is 49.0 Å². The van der Waals surface area contributed by atoms with Gasteiger partial charge in [0.2, 0.25) is 11.8 Å². The standard InChI is InChI=1S/C29H38N4O6S/c1-32-24-7-6-21(17-27(34)30-9-3-10-33-11-13-37-14-12-33)39-26(24)19-38-25-8-5-20(16-23(25)29(32)36)31-28(35)18-22-4-2-15-40-22/h2,4-5,8,15-16,21,24,26H,3,6-7,9-14,17-19H2,1H3,(H,30,34)(H,31,35)/t21-,24+,26+/m0/s1. The van der Waals surface area contributed by atoms with Crippen LogP contribution in [-0.4, -0.2) is 98.8 Å². The van der Waals surface area contributed by atoms with E-state index >= 15 is 0 Å². The molecule has 40 heavy (non-hydrogen) atoms. The number of ether oxygens (including phenoxy) is 3. The van der Waals surface area contributed by atoms with E-state index < -0.39 is 0 Å². The van der Waals surface area contributed by atoms with Gasteiger partial charge in [-0.3, -0.25) is 19.3 Å². The molecule has 3 amide bonds. The lowest BCUT2D eigenvalue weighted by molar-refractivity contribution is -0.134. The van der Waals surface area contributed by atoms with E-state index in [0.717, 1.165) is 50.6 Å². The Hall–Kier alpha value is -2.99. The minimum Gasteiger partial charge on any atom is -0.490 e. The molecule has 2 saturated heterocycles. The molecule has 0 radical (unpaired) electrons. The number of morpholine rings is 1. The van der Waals surface area contributed by atoms with Crippen LogP contribution < -0.4 is 15.4 Å². The number of amides is 3. The number of thiophene rings is 1. The Morgan fingerprint density at radius 1 is 1.12 bits per heavy atom. The second-order valence-electron chi connectivity index (χ2n) is 10.5. The van der Waals surface area contributed by atoms with Crippen LogP contribution in [0.4, 0.5) is 5.69 Å². The molecule has 1 aromatic heterocycles. The van der Waals surface area contributed by atoms with Gasteiger partial charge in [0.1, 0.15) is 18.5 Å². The van der Waals surface area contributed by atoms with Crippen molar-refractivity contribution in [3.8, 4) is 5.75 Å². The first-order valence-corrected chi connectivity index (χ1v) is 14.9. The number of hydrogen-bond donors (Lipinski definition) is 2. The molecule has 3 atom stereocenters. The summed E-state index contributed by atoms with van der Waals surface area (Å²) in [5, 5.41) is 7.85. The van der Waals surface area contributed by atoms with Crippen molar-refractivity contribution in [2.45, 2.75) is 50.4 Å². The van der Waals surface area contributed by atoms with Gasteiger partial charge >= 0.3 is 0 Å². The molecule has 3 aliphatic rings. The molecule has 216 valence electrons. The topological polar surface area (TPSA) is 109 Å². The number of rotatable bonds is 9. The first-order valence-electron chi connectivity index (χ1n) is 14.0. The van der Waals surface area contributed by atoms with Gasteiger partial charge in [0.15, 0.2) is 0 Å². The number of anilines is 1. The predicted molar refractivity (Wildman–Crippen MR) is 152 cm³/mol. The molecule has 5 rings (SSSR count). The van der Waals surface area contributed by atoms with Crippen LogP contribution in [-0.2, 0) is 25.5 Å². The fourth-order valence-corrected chi connectivity index (χ4v) is 6.22. The average Bonchev–Trinajstić information content (AvgIpc) is 3.47. The van der Waals surface area contributed by atoms with Crippen molar-refractivity contribution < 1.29 is 28.6 Å². The number of nitrogens with one attached hydrogen (secondary N) is 2. The van der Waals surface area contributed by atoms with Crippen molar-refractivity contribution in [3.05, 3.63) is 46.2 Å². The Morgan fingerprint density at radius 3 is 2.77 bits per heavy atom. The van der Waals surface area contributed by atoms with E-state index in [1.54, 1.807) is 30.1 Å². The number of carbonyl (C=O) groups excluding carboxylic acids is 3. The largest absolute Gasteiger partial charge is 0.490 e. The number of carbonyl (C=O) groups is 3. The van der Waals surface area contributed by atoms with E-state index in [4.69, 9.17) is 14.2 Å². The average molecular weight is 571 g/mol. The summed E-state index contributed by atoms with van der Waals surface area (Å²) in [7, 11) is 1.78. The third-order valence-corrected chi connectivity index (χ3v) is 8.58. The van der Waals surface area contributed by atoms with Crippen LogP contribution in [0.5, 0.6) is 5.75 Å². The molecule has 0 unspecified atom stereocenters. The lowest BCUT2D eigenvalue weighted by Crippen LogP contribution is -2.54. The summed E-state index contributed by atoms with van der Waals surface area (Å²) < 4.78 is 17.7. The number of nitrogens with zero attached hydrogens (tertiary/aromatic N) is 2. The Kier molecular flexibility index (Phi) is 9.69. The van der Waals surface area contributed by atoms with Gasteiger partial charge in [-0.1, -0.05) is 6.07 Å². The van der Waals surface area contributed by atoms with E-state index in [1.165, 1.54) is 11.3 Å². The van der Waals surface area contributed by atoms with Crippen molar-refractivity contribution in [1.82, 2.24) is 15.1 Å². The van der Waals surface area contributed by atoms with Gasteiger partial charge in [-0.15, -0.1) is 11.3 Å². The molecule has 0 aliphatic carbocycles. The highest BCUT2D eigenvalue weighted by Crippen LogP contribution is 2.32. The molecule has 1 aromatic carbocycles. The van der Waals surface area contributed by atoms with Crippen LogP contribution >= 0.6 is 11.3 Å². The lowest BCUT2D eigenvalue weighted by atomic mass is 9.94. The molecule has 0 bridgehead atoms. The SMILES string of the molecule is CN1C(=O)c2cc(NC(=O)Cc3cccs3)ccc2OC[C@H]2O[C@H](CC(=O)NCCCN3CCOCC3)CC[C@H]21. The second kappa shape index (κ2) is 13.6. The number of fused-ring (bicyclic) bond motifs is 2. The number of benzene rings is 1. The summed E-state index contributed by atoms with van der Waals surface area (Å²) >= 11 is 1.53. The smallest absolute Gasteiger partial charge is 0.257 e. The van der Waals surface area contributed by atoms with Crippen molar-refractivity contribution >= 4 is 34.7 Å². The van der Waals surface area contributed by atoms with Gasteiger partial charge in [-0.25, -0.2) is 0 Å². The Morgan fingerprint density at radius 2 is 1.98 bits per heavy atom. The van der Waals surface area contributed by atoms with E-state index in [0.29, 0.717) is 36.4 Å². The van der Waals surface area contributed by atoms with E-state index in [9.17, 15) is 14.4 Å². The van der Waals surface area contributed by atoms with Crippen LogP contribution in [0.25, 0.3) is 0 Å². The zero-order chi connectivity index (χ0) is 27.9. The highest BCUT2D eigenvalue weighted by Gasteiger charge is 2.39. The highest BCUT2D eigenvalue weighted by atomic mass is 32.1. The van der Waals surface area contributed by atoms with Gasteiger partial charge in [-0.2, -0.15) is 0 Å². The maximum atomic E-state index is 13.5. The first kappa shape index (κ1) is 28.5. The van der Waals surface area contributed by atoms with Crippen molar-refractivity contribution in [2.24, 2.45) is 0 Å². The molecule has 3 aliphatic heterocycles. The van der Waals surface area contributed by atoms with Crippen molar-refractivity contribution in [3.63, 3.8) is 0 Å². The van der Waals surface area contributed by atoms with Crippen molar-refractivity contribution in [2.75, 3.05) is 58.4 Å². The molecule has 2 aromatic rings. The third kappa shape index (κ3) is 7.39. The quantitative estimate of drug-likeness (QED) is 0.446. The Balaban J connectivity index is 1.12. The molecule has 0 saturated carbocycles. The Bertz CT molecular complexity index is 1170. The monoisotopic (exact) mass is 570 g/mol. The van der Waals surface area contributed by atoms with Crippen molar-refractivity contribution in [1.29, 1.82) is 0 Å². The molecular formula is C29H38N4O6S. The molecule has 2 N–H and O–H groups in total. The minimum absolute atomic E-state index is 0.0133. The third-order valence-electron chi connectivity index (χ3n) is 7.70. The fraction of sp³-hybridized carbons (Fsp3) is 0.552. The lowest BCUT2D eigenvalue weighted by Gasteiger charge is -2.42. The van der Waals surface area contributed by atoms with Gasteiger partial charge in [0, 0.05) is 37.2 Å². The number of hydrogen-bond acceptors (Lipinski definition) is 8. The maximum absolute atomic E-state index is 13.5. The summed E-state index contributed by atoms with van der Waals surface area (Å²) in [5.41, 5.74) is 0.965. The summed E-state index contributed by atoms with van der Waals surface area (Å²) in [5.74, 6) is 0.123. The molecule has 0 spiro atoms. The highest BCUT2D eigenvalue weighted by molar-refractivity contribution is 7.10. The predicted octanol–water partition coefficient (Wildman–Crippen LogP) is 2.54. The van der Waals surface area contributed by atoms with Gasteiger partial charge in [0.05, 0.1) is 43.8 Å². The Labute approximate surface area is 238 Å². The van der Waals surface area contributed by atoms with Crippen LogP contribution in [0, 0.1) is 0 Å². The zero-order valence-corrected chi connectivity index (χ0v) is 23.8. The first-order chi connectivity index (χ1) is 19.5. The van der Waals surface area contributed by atoms with E-state index in [1.807, 2.05) is 17.5 Å². The molecule has 11 heteroatoms. The van der Waals surface area contributed by atoms with E-state index in [2.05, 4.69) is 15.5 Å². The molecule has 2 fully saturated rings. The van der Waals surface area contributed by atoms with Gasteiger partial charge in [-0.05, 0) is 55.5 Å². The molecule has 10 nitrogen and oxygen atoms in total.